The van der Waals surface area contributed by atoms with Crippen molar-refractivity contribution in [2.45, 2.75) is 6.04 Å². The van der Waals surface area contributed by atoms with Crippen LogP contribution in [0.4, 0.5) is 5.69 Å². The Morgan fingerprint density at radius 2 is 1.65 bits per heavy atom. The second-order valence-corrected chi connectivity index (χ2v) is 7.46. The number of hydrogen-bond acceptors (Lipinski definition) is 3. The fraction of sp³-hybridized carbons (Fsp3) is 0.0667. The highest BCUT2D eigenvalue weighted by atomic mass is 79.9. The van der Waals surface area contributed by atoms with Crippen LogP contribution in [0.15, 0.2) is 57.7 Å². The van der Waals surface area contributed by atoms with Crippen molar-refractivity contribution in [3.05, 3.63) is 72.5 Å². The molecule has 0 unspecified atom stereocenters. The number of rotatable bonds is 4. The van der Waals surface area contributed by atoms with E-state index < -0.39 is 0 Å². The predicted octanol–water partition coefficient (Wildman–Crippen LogP) is 6.43. The highest BCUT2D eigenvalue weighted by Crippen LogP contribution is 2.34. The molecule has 0 amide bonds. The third kappa shape index (κ3) is 3.09. The van der Waals surface area contributed by atoms with Gasteiger partial charge in [0, 0.05) is 19.9 Å². The third-order valence-corrected chi connectivity index (χ3v) is 5.99. The van der Waals surface area contributed by atoms with E-state index in [2.05, 4.69) is 56.3 Å². The summed E-state index contributed by atoms with van der Waals surface area (Å²) in [6.45, 7) is 0. The molecule has 5 heteroatoms. The van der Waals surface area contributed by atoms with E-state index in [1.54, 1.807) is 22.7 Å². The lowest BCUT2D eigenvalue weighted by Crippen LogP contribution is -2.09. The van der Waals surface area contributed by atoms with E-state index >= 15 is 0 Å². The Morgan fingerprint density at radius 3 is 2.15 bits per heavy atom. The van der Waals surface area contributed by atoms with Gasteiger partial charge in [0.15, 0.2) is 0 Å². The van der Waals surface area contributed by atoms with Crippen LogP contribution in [0.25, 0.3) is 0 Å². The van der Waals surface area contributed by atoms with Crippen molar-refractivity contribution < 1.29 is 0 Å². The number of halogens is 2. The van der Waals surface area contributed by atoms with Crippen LogP contribution in [-0.4, -0.2) is 0 Å². The molecule has 20 heavy (non-hydrogen) atoms. The lowest BCUT2D eigenvalue weighted by molar-refractivity contribution is 0.993. The zero-order valence-corrected chi connectivity index (χ0v) is 14.3. The van der Waals surface area contributed by atoms with Crippen LogP contribution in [0, 0.1) is 0 Å². The van der Waals surface area contributed by atoms with Gasteiger partial charge in [-0.3, -0.25) is 0 Å². The molecule has 0 spiro atoms. The molecular formula is C15H11BrClNS2. The van der Waals surface area contributed by atoms with Crippen LogP contribution >= 0.6 is 50.2 Å². The zero-order chi connectivity index (χ0) is 13.9. The van der Waals surface area contributed by atoms with Crippen LogP contribution in [0.1, 0.15) is 15.8 Å². The molecule has 2 heterocycles. The Balaban J connectivity index is 1.92. The Morgan fingerprint density at radius 1 is 1.00 bits per heavy atom. The van der Waals surface area contributed by atoms with Crippen LogP contribution in [-0.2, 0) is 0 Å². The van der Waals surface area contributed by atoms with Gasteiger partial charge in [0.1, 0.15) is 0 Å². The molecule has 0 saturated heterocycles. The topological polar surface area (TPSA) is 12.0 Å². The van der Waals surface area contributed by atoms with Gasteiger partial charge in [-0.05, 0) is 57.0 Å². The average molecular weight is 385 g/mol. The number of benzene rings is 1. The molecule has 0 radical (unpaired) electrons. The molecule has 1 aromatic carbocycles. The van der Waals surface area contributed by atoms with Gasteiger partial charge in [-0.1, -0.05) is 23.7 Å². The van der Waals surface area contributed by atoms with Gasteiger partial charge in [0.25, 0.3) is 0 Å². The van der Waals surface area contributed by atoms with E-state index in [1.807, 2.05) is 18.2 Å². The summed E-state index contributed by atoms with van der Waals surface area (Å²) < 4.78 is 0.911. The van der Waals surface area contributed by atoms with Gasteiger partial charge < -0.3 is 5.32 Å². The molecule has 0 bridgehead atoms. The highest BCUT2D eigenvalue weighted by molar-refractivity contribution is 9.10. The van der Waals surface area contributed by atoms with Gasteiger partial charge in [-0.25, -0.2) is 0 Å². The first-order chi connectivity index (χ1) is 9.74. The molecule has 0 fully saturated rings. The Hall–Kier alpha value is -0.810. The lowest BCUT2D eigenvalue weighted by atomic mass is 10.2. The first-order valence-electron chi connectivity index (χ1n) is 6.02. The summed E-state index contributed by atoms with van der Waals surface area (Å²) in [5.74, 6) is 0. The van der Waals surface area contributed by atoms with Gasteiger partial charge >= 0.3 is 0 Å². The molecule has 0 aliphatic heterocycles. The van der Waals surface area contributed by atoms with Gasteiger partial charge in [-0.2, -0.15) is 0 Å². The molecule has 2 aromatic heterocycles. The summed E-state index contributed by atoms with van der Waals surface area (Å²) in [7, 11) is 0. The van der Waals surface area contributed by atoms with E-state index in [1.165, 1.54) is 9.75 Å². The van der Waals surface area contributed by atoms with E-state index in [4.69, 9.17) is 11.6 Å². The average Bonchev–Trinajstić information content (AvgIpc) is 3.12. The second kappa shape index (κ2) is 6.31. The van der Waals surface area contributed by atoms with Crippen molar-refractivity contribution in [2.24, 2.45) is 0 Å². The Kier molecular flexibility index (Phi) is 4.46. The minimum atomic E-state index is 0.173. The van der Waals surface area contributed by atoms with Crippen molar-refractivity contribution in [3.63, 3.8) is 0 Å². The van der Waals surface area contributed by atoms with Crippen LogP contribution in [0.2, 0.25) is 5.02 Å². The van der Waals surface area contributed by atoms with E-state index in [0.717, 1.165) is 10.2 Å². The largest absolute Gasteiger partial charge is 0.373 e. The Labute approximate surface area is 139 Å². The first-order valence-corrected chi connectivity index (χ1v) is 8.95. The fourth-order valence-corrected chi connectivity index (χ4v) is 4.03. The smallest absolute Gasteiger partial charge is 0.0953 e. The third-order valence-electron chi connectivity index (χ3n) is 2.89. The molecule has 1 N–H and O–H groups in total. The highest BCUT2D eigenvalue weighted by Gasteiger charge is 2.16. The van der Waals surface area contributed by atoms with Crippen molar-refractivity contribution >= 4 is 55.9 Å². The molecule has 102 valence electrons. The van der Waals surface area contributed by atoms with Crippen molar-refractivity contribution in [3.8, 4) is 0 Å². The molecule has 1 nitrogen and oxygen atoms in total. The maximum Gasteiger partial charge on any atom is 0.0953 e. The van der Waals surface area contributed by atoms with E-state index in [9.17, 15) is 0 Å². The maximum atomic E-state index is 6.17. The molecule has 0 saturated carbocycles. The van der Waals surface area contributed by atoms with Crippen LogP contribution in [0.3, 0.4) is 0 Å². The maximum absolute atomic E-state index is 6.17. The first kappa shape index (κ1) is 14.1. The molecule has 0 atom stereocenters. The van der Waals surface area contributed by atoms with Gasteiger partial charge in [0.05, 0.1) is 11.1 Å². The van der Waals surface area contributed by atoms with Crippen molar-refractivity contribution in [1.29, 1.82) is 0 Å². The zero-order valence-electron chi connectivity index (χ0n) is 10.3. The number of thiophene rings is 2. The summed E-state index contributed by atoms with van der Waals surface area (Å²) in [5.41, 5.74) is 1.02. The standard InChI is InChI=1S/C15H11BrClNS2/c16-11-6-5-10(9-12(11)17)18-15(13-3-1-7-19-13)14-4-2-8-20-14/h1-9,15,18H. The van der Waals surface area contributed by atoms with Crippen molar-refractivity contribution in [1.82, 2.24) is 0 Å². The predicted molar refractivity (Wildman–Crippen MR) is 93.3 cm³/mol. The van der Waals surface area contributed by atoms with Crippen LogP contribution < -0.4 is 5.32 Å². The Bertz CT molecular complexity index is 646. The van der Waals surface area contributed by atoms with E-state index in [0.29, 0.717) is 5.02 Å². The lowest BCUT2D eigenvalue weighted by Gasteiger charge is -2.18. The monoisotopic (exact) mass is 383 g/mol. The molecular weight excluding hydrogens is 374 g/mol. The summed E-state index contributed by atoms with van der Waals surface area (Å²) in [5, 5.41) is 8.49. The normalized spacial score (nSPS) is 10.9. The number of anilines is 1. The fourth-order valence-electron chi connectivity index (χ4n) is 1.95. The second-order valence-electron chi connectivity index (χ2n) is 4.24. The molecule has 0 aliphatic rings. The number of hydrogen-bond donors (Lipinski definition) is 1. The minimum absolute atomic E-state index is 0.173. The molecule has 3 aromatic rings. The van der Waals surface area contributed by atoms with Crippen molar-refractivity contribution in [2.75, 3.05) is 5.32 Å². The number of nitrogens with one attached hydrogen (secondary N) is 1. The summed E-state index contributed by atoms with van der Waals surface area (Å²) >= 11 is 13.1. The SMILES string of the molecule is Clc1cc(NC(c2cccs2)c2cccs2)ccc1Br. The minimum Gasteiger partial charge on any atom is -0.373 e. The summed E-state index contributed by atoms with van der Waals surface area (Å²) in [6, 6.07) is 14.6. The van der Waals surface area contributed by atoms with E-state index in [-0.39, 0.29) is 6.04 Å². The van der Waals surface area contributed by atoms with Crippen LogP contribution in [0.5, 0.6) is 0 Å². The molecule has 3 rings (SSSR count). The quantitative estimate of drug-likeness (QED) is 0.546. The van der Waals surface area contributed by atoms with Gasteiger partial charge in [-0.15, -0.1) is 22.7 Å². The van der Waals surface area contributed by atoms with Gasteiger partial charge in [0.2, 0.25) is 0 Å². The molecule has 0 aliphatic carbocycles. The summed E-state index contributed by atoms with van der Waals surface area (Å²) in [6.07, 6.45) is 0. The summed E-state index contributed by atoms with van der Waals surface area (Å²) in [4.78, 5) is 2.60.